The third-order valence-electron chi connectivity index (χ3n) is 4.49. The molecule has 0 saturated carbocycles. The van der Waals surface area contributed by atoms with Gasteiger partial charge in [0, 0.05) is 23.3 Å². The lowest BCUT2D eigenvalue weighted by Gasteiger charge is -2.17. The van der Waals surface area contributed by atoms with Crippen molar-refractivity contribution >= 4 is 40.5 Å². The van der Waals surface area contributed by atoms with Crippen molar-refractivity contribution in [3.05, 3.63) is 92.9 Å². The number of halogens is 3. The summed E-state index contributed by atoms with van der Waals surface area (Å²) in [5.41, 5.74) is 4.05. The Balaban J connectivity index is 1.71. The van der Waals surface area contributed by atoms with Crippen molar-refractivity contribution in [2.45, 2.75) is 26.4 Å². The number of rotatable bonds is 8. The van der Waals surface area contributed by atoms with E-state index in [0.29, 0.717) is 21.9 Å². The highest BCUT2D eigenvalue weighted by atomic mass is 35.5. The summed E-state index contributed by atoms with van der Waals surface area (Å²) < 4.78 is 0. The van der Waals surface area contributed by atoms with Gasteiger partial charge in [-0.1, -0.05) is 64.2 Å². The van der Waals surface area contributed by atoms with Gasteiger partial charge in [-0.15, -0.1) is 0 Å². The first-order valence-electron chi connectivity index (χ1n) is 9.11. The third-order valence-corrected chi connectivity index (χ3v) is 5.18. The standard InChI is InChI=1S/C22H20Cl3N3O/c1-15(28-29-14-16-2-6-20(23)7-3-16)19(10-17-4-8-21(24)26-12-17)11-18-5-9-22(25)27-13-18/h2-9,12-13,19H,10-11,14H2,1H3/b28-15+. The molecule has 1 aromatic carbocycles. The Hall–Kier alpha value is -2.14. The van der Waals surface area contributed by atoms with E-state index in [-0.39, 0.29) is 5.92 Å². The van der Waals surface area contributed by atoms with E-state index in [2.05, 4.69) is 15.1 Å². The van der Waals surface area contributed by atoms with Gasteiger partial charge in [-0.25, -0.2) is 9.97 Å². The van der Waals surface area contributed by atoms with Crippen molar-refractivity contribution in [3.63, 3.8) is 0 Å². The fraction of sp³-hybridized carbons (Fsp3) is 0.227. The van der Waals surface area contributed by atoms with E-state index < -0.39 is 0 Å². The van der Waals surface area contributed by atoms with Gasteiger partial charge in [0.05, 0.1) is 5.71 Å². The van der Waals surface area contributed by atoms with Gasteiger partial charge in [0.1, 0.15) is 16.9 Å². The second-order valence-electron chi connectivity index (χ2n) is 6.72. The van der Waals surface area contributed by atoms with Crippen LogP contribution in [0.3, 0.4) is 0 Å². The molecule has 0 N–H and O–H groups in total. The summed E-state index contributed by atoms with van der Waals surface area (Å²) in [5.74, 6) is 0.117. The molecule has 7 heteroatoms. The second kappa shape index (κ2) is 10.6. The van der Waals surface area contributed by atoms with Crippen molar-refractivity contribution in [1.82, 2.24) is 9.97 Å². The molecule has 29 heavy (non-hydrogen) atoms. The molecule has 0 saturated heterocycles. The van der Waals surface area contributed by atoms with Gasteiger partial charge in [-0.05, 0) is 60.7 Å². The van der Waals surface area contributed by atoms with Crippen LogP contribution in [0.1, 0.15) is 23.6 Å². The van der Waals surface area contributed by atoms with Gasteiger partial charge in [-0.2, -0.15) is 0 Å². The summed E-state index contributed by atoms with van der Waals surface area (Å²) in [7, 11) is 0. The van der Waals surface area contributed by atoms with Crippen molar-refractivity contribution in [2.24, 2.45) is 11.1 Å². The lowest BCUT2D eigenvalue weighted by Crippen LogP contribution is -2.18. The van der Waals surface area contributed by atoms with Crippen LogP contribution in [0, 0.1) is 5.92 Å². The minimum atomic E-state index is 0.117. The zero-order chi connectivity index (χ0) is 20.6. The molecule has 0 aliphatic rings. The monoisotopic (exact) mass is 447 g/mol. The molecular weight excluding hydrogens is 429 g/mol. The quantitative estimate of drug-likeness (QED) is 0.226. The molecule has 0 aliphatic heterocycles. The Morgan fingerprint density at radius 2 is 1.34 bits per heavy atom. The van der Waals surface area contributed by atoms with Crippen LogP contribution >= 0.6 is 34.8 Å². The number of pyridine rings is 2. The lowest BCUT2D eigenvalue weighted by molar-refractivity contribution is 0.128. The minimum Gasteiger partial charge on any atom is -0.391 e. The highest BCUT2D eigenvalue weighted by molar-refractivity contribution is 6.30. The molecule has 0 aliphatic carbocycles. The average molecular weight is 449 g/mol. The van der Waals surface area contributed by atoms with Crippen molar-refractivity contribution in [1.29, 1.82) is 0 Å². The van der Waals surface area contributed by atoms with Gasteiger partial charge in [0.2, 0.25) is 0 Å². The number of hydrogen-bond acceptors (Lipinski definition) is 4. The van der Waals surface area contributed by atoms with E-state index in [4.69, 9.17) is 39.6 Å². The van der Waals surface area contributed by atoms with Crippen LogP contribution < -0.4 is 0 Å². The Morgan fingerprint density at radius 3 is 1.83 bits per heavy atom. The number of benzene rings is 1. The van der Waals surface area contributed by atoms with E-state index in [0.717, 1.165) is 35.2 Å². The van der Waals surface area contributed by atoms with Crippen LogP contribution in [0.4, 0.5) is 0 Å². The van der Waals surface area contributed by atoms with Gasteiger partial charge in [0.25, 0.3) is 0 Å². The first-order valence-corrected chi connectivity index (χ1v) is 10.2. The fourth-order valence-electron chi connectivity index (χ4n) is 2.85. The zero-order valence-corrected chi connectivity index (χ0v) is 18.1. The van der Waals surface area contributed by atoms with E-state index in [1.165, 1.54) is 0 Å². The van der Waals surface area contributed by atoms with Gasteiger partial charge < -0.3 is 4.84 Å². The molecule has 0 spiro atoms. The fourth-order valence-corrected chi connectivity index (χ4v) is 3.20. The average Bonchev–Trinajstić information content (AvgIpc) is 2.72. The van der Waals surface area contributed by atoms with Crippen LogP contribution in [0.5, 0.6) is 0 Å². The smallest absolute Gasteiger partial charge is 0.142 e. The molecule has 3 aromatic rings. The Morgan fingerprint density at radius 1 is 0.828 bits per heavy atom. The molecule has 0 atom stereocenters. The van der Waals surface area contributed by atoms with Crippen LogP contribution in [-0.4, -0.2) is 15.7 Å². The summed E-state index contributed by atoms with van der Waals surface area (Å²) in [6.07, 6.45) is 5.09. The number of aromatic nitrogens is 2. The largest absolute Gasteiger partial charge is 0.391 e. The molecule has 3 rings (SSSR count). The topological polar surface area (TPSA) is 47.4 Å². The molecule has 2 aromatic heterocycles. The Kier molecular flexibility index (Phi) is 7.87. The summed E-state index contributed by atoms with van der Waals surface area (Å²) in [5, 5.41) is 6.01. The molecule has 0 bridgehead atoms. The van der Waals surface area contributed by atoms with Crippen LogP contribution in [-0.2, 0) is 24.3 Å². The number of hydrogen-bond donors (Lipinski definition) is 0. The first kappa shape index (κ1) is 21.6. The minimum absolute atomic E-state index is 0.117. The van der Waals surface area contributed by atoms with Crippen LogP contribution in [0.15, 0.2) is 66.1 Å². The summed E-state index contributed by atoms with van der Waals surface area (Å²) >= 11 is 17.7. The second-order valence-corrected chi connectivity index (χ2v) is 7.93. The van der Waals surface area contributed by atoms with Crippen molar-refractivity contribution in [2.75, 3.05) is 0 Å². The van der Waals surface area contributed by atoms with Crippen LogP contribution in [0.2, 0.25) is 15.3 Å². The number of oxime groups is 1. The maximum absolute atomic E-state index is 5.92. The summed E-state index contributed by atoms with van der Waals surface area (Å²) in [4.78, 5) is 13.9. The SMILES string of the molecule is C/C(=N\OCc1ccc(Cl)cc1)C(Cc1ccc(Cl)nc1)Cc1ccc(Cl)nc1. The number of nitrogens with zero attached hydrogens (tertiary/aromatic N) is 3. The molecular formula is C22H20Cl3N3O. The van der Waals surface area contributed by atoms with E-state index in [1.807, 2.05) is 43.3 Å². The normalized spacial score (nSPS) is 11.7. The molecule has 2 heterocycles. The predicted molar refractivity (Wildman–Crippen MR) is 119 cm³/mol. The summed E-state index contributed by atoms with van der Waals surface area (Å²) in [6, 6.07) is 15.0. The Labute approximate surface area is 185 Å². The lowest BCUT2D eigenvalue weighted by atomic mass is 9.90. The molecule has 150 valence electrons. The molecule has 4 nitrogen and oxygen atoms in total. The van der Waals surface area contributed by atoms with Gasteiger partial charge in [0.15, 0.2) is 0 Å². The molecule has 0 radical (unpaired) electrons. The van der Waals surface area contributed by atoms with Crippen molar-refractivity contribution < 1.29 is 4.84 Å². The van der Waals surface area contributed by atoms with Crippen molar-refractivity contribution in [3.8, 4) is 0 Å². The van der Waals surface area contributed by atoms with Gasteiger partial charge >= 0.3 is 0 Å². The first-order chi connectivity index (χ1) is 14.0. The maximum atomic E-state index is 5.92. The highest BCUT2D eigenvalue weighted by Gasteiger charge is 2.16. The van der Waals surface area contributed by atoms with Gasteiger partial charge in [-0.3, -0.25) is 0 Å². The van der Waals surface area contributed by atoms with E-state index in [1.54, 1.807) is 24.5 Å². The van der Waals surface area contributed by atoms with E-state index >= 15 is 0 Å². The van der Waals surface area contributed by atoms with E-state index in [9.17, 15) is 0 Å². The maximum Gasteiger partial charge on any atom is 0.142 e. The molecule has 0 unspecified atom stereocenters. The molecule has 0 fully saturated rings. The highest BCUT2D eigenvalue weighted by Crippen LogP contribution is 2.19. The van der Waals surface area contributed by atoms with Crippen LogP contribution in [0.25, 0.3) is 0 Å². The third kappa shape index (κ3) is 7.00. The molecule has 0 amide bonds. The predicted octanol–water partition coefficient (Wildman–Crippen LogP) is 6.43. The zero-order valence-electron chi connectivity index (χ0n) is 15.9. The Bertz CT molecular complexity index is 895. The summed E-state index contributed by atoms with van der Waals surface area (Å²) in [6.45, 7) is 2.35.